The highest BCUT2D eigenvalue weighted by atomic mass is 16.4. The maximum Gasteiger partial charge on any atom is 0.305 e. The van der Waals surface area contributed by atoms with Crippen molar-refractivity contribution in [3.05, 3.63) is 132 Å². The summed E-state index contributed by atoms with van der Waals surface area (Å²) in [6, 6.07) is 38.9. The summed E-state index contributed by atoms with van der Waals surface area (Å²) in [6.07, 6.45) is 0.0300. The van der Waals surface area contributed by atoms with Crippen molar-refractivity contribution in [1.29, 1.82) is 0 Å². The molecule has 4 rings (SSSR count). The molecule has 0 radical (unpaired) electrons. The normalized spacial score (nSPS) is 12.9. The van der Waals surface area contributed by atoms with Crippen LogP contribution in [0.2, 0.25) is 0 Å². The molecule has 0 heterocycles. The largest absolute Gasteiger partial charge is 0.481 e. The van der Waals surface area contributed by atoms with E-state index >= 15 is 0 Å². The van der Waals surface area contributed by atoms with Gasteiger partial charge in [-0.3, -0.25) is 9.69 Å². The third kappa shape index (κ3) is 5.76. The van der Waals surface area contributed by atoms with Crippen molar-refractivity contribution in [2.45, 2.75) is 32.0 Å². The summed E-state index contributed by atoms with van der Waals surface area (Å²) in [7, 11) is 0. The van der Waals surface area contributed by atoms with Crippen LogP contribution in [0.3, 0.4) is 0 Å². The number of aliphatic carboxylic acids is 1. The molecule has 33 heavy (non-hydrogen) atoms. The van der Waals surface area contributed by atoms with Crippen molar-refractivity contribution in [3.63, 3.8) is 0 Å². The Labute approximate surface area is 196 Å². The first-order valence-electron chi connectivity index (χ1n) is 11.3. The molecule has 0 aromatic heterocycles. The van der Waals surface area contributed by atoms with E-state index in [1.165, 1.54) is 5.56 Å². The van der Waals surface area contributed by atoms with Gasteiger partial charge in [0.25, 0.3) is 0 Å². The lowest BCUT2D eigenvalue weighted by molar-refractivity contribution is -0.138. The quantitative estimate of drug-likeness (QED) is 0.304. The van der Waals surface area contributed by atoms with Gasteiger partial charge in [-0.15, -0.1) is 0 Å². The summed E-state index contributed by atoms with van der Waals surface area (Å²) in [5.41, 5.74) is 5.56. The Morgan fingerprint density at radius 3 is 1.91 bits per heavy atom. The second-order valence-electron chi connectivity index (χ2n) is 8.35. The number of carbonyl (C=O) groups is 1. The Kier molecular flexibility index (Phi) is 7.33. The highest BCUT2D eigenvalue weighted by Gasteiger charge is 2.28. The number of rotatable bonds is 9. The average molecular weight is 436 g/mol. The van der Waals surface area contributed by atoms with Crippen LogP contribution in [-0.4, -0.2) is 16.0 Å². The van der Waals surface area contributed by atoms with Gasteiger partial charge in [-0.1, -0.05) is 109 Å². The molecule has 0 aliphatic rings. The lowest BCUT2D eigenvalue weighted by Gasteiger charge is -2.37. The second kappa shape index (κ2) is 10.8. The Bertz CT molecular complexity index is 1160. The van der Waals surface area contributed by atoms with Gasteiger partial charge in [0.05, 0.1) is 6.42 Å². The monoisotopic (exact) mass is 435 g/mol. The number of carboxylic acids is 1. The highest BCUT2D eigenvalue weighted by molar-refractivity contribution is 5.69. The molecule has 0 spiro atoms. The Balaban J connectivity index is 1.77. The molecule has 0 fully saturated rings. The van der Waals surface area contributed by atoms with Crippen LogP contribution in [0.1, 0.15) is 42.1 Å². The van der Waals surface area contributed by atoms with E-state index in [-0.39, 0.29) is 18.5 Å². The molecule has 2 atom stereocenters. The van der Waals surface area contributed by atoms with Gasteiger partial charge in [0.15, 0.2) is 0 Å². The zero-order valence-corrected chi connectivity index (χ0v) is 18.8. The van der Waals surface area contributed by atoms with Crippen molar-refractivity contribution in [2.75, 3.05) is 0 Å². The molecule has 0 saturated carbocycles. The highest BCUT2D eigenvalue weighted by Crippen LogP contribution is 2.36. The van der Waals surface area contributed by atoms with Crippen LogP contribution in [0.25, 0.3) is 11.1 Å². The molecular formula is C30H29NO2. The van der Waals surface area contributed by atoms with E-state index in [0.717, 1.165) is 22.3 Å². The van der Waals surface area contributed by atoms with Gasteiger partial charge in [-0.2, -0.15) is 0 Å². The first kappa shape index (κ1) is 22.5. The molecule has 0 saturated heterocycles. The van der Waals surface area contributed by atoms with Crippen LogP contribution in [0, 0.1) is 0 Å². The third-order valence-corrected chi connectivity index (χ3v) is 6.13. The molecule has 4 aromatic rings. The fourth-order valence-electron chi connectivity index (χ4n) is 4.38. The number of nitrogens with zero attached hydrogens (tertiary/aromatic N) is 1. The summed E-state index contributed by atoms with van der Waals surface area (Å²) in [6.45, 7) is 2.82. The molecule has 0 bridgehead atoms. The van der Waals surface area contributed by atoms with Gasteiger partial charge in [-0.25, -0.2) is 0 Å². The minimum atomic E-state index is -0.802. The number of hydrogen-bond acceptors (Lipinski definition) is 2. The minimum Gasteiger partial charge on any atom is -0.481 e. The second-order valence-corrected chi connectivity index (χ2v) is 8.35. The number of benzene rings is 4. The third-order valence-electron chi connectivity index (χ3n) is 6.13. The Hall–Kier alpha value is -3.69. The van der Waals surface area contributed by atoms with Crippen LogP contribution in [0.15, 0.2) is 115 Å². The first-order chi connectivity index (χ1) is 16.1. The number of hydrogen-bond donors (Lipinski definition) is 1. The molecule has 2 unspecified atom stereocenters. The van der Waals surface area contributed by atoms with E-state index in [2.05, 4.69) is 66.4 Å². The molecule has 0 aliphatic heterocycles. The van der Waals surface area contributed by atoms with E-state index in [1.54, 1.807) is 0 Å². The predicted molar refractivity (Wildman–Crippen MR) is 134 cm³/mol. The maximum atomic E-state index is 12.0. The van der Waals surface area contributed by atoms with Crippen LogP contribution in [-0.2, 0) is 11.3 Å². The van der Waals surface area contributed by atoms with Crippen molar-refractivity contribution < 1.29 is 9.90 Å². The minimum absolute atomic E-state index is 0.0300. The topological polar surface area (TPSA) is 40.5 Å². The molecule has 166 valence electrons. The number of carboxylic acid groups (broad SMARTS) is 1. The lowest BCUT2D eigenvalue weighted by Crippen LogP contribution is -2.32. The van der Waals surface area contributed by atoms with Gasteiger partial charge < -0.3 is 5.11 Å². The fraction of sp³-hybridized carbons (Fsp3) is 0.167. The average Bonchev–Trinajstić information content (AvgIpc) is 2.87. The Morgan fingerprint density at radius 1 is 0.727 bits per heavy atom. The van der Waals surface area contributed by atoms with Crippen LogP contribution >= 0.6 is 0 Å². The molecular weight excluding hydrogens is 406 g/mol. The van der Waals surface area contributed by atoms with E-state index < -0.39 is 5.97 Å². The molecule has 4 aromatic carbocycles. The van der Waals surface area contributed by atoms with Gasteiger partial charge >= 0.3 is 5.97 Å². The van der Waals surface area contributed by atoms with E-state index in [1.807, 2.05) is 60.7 Å². The SMILES string of the molecule is CC(c1ccccc1)N(Cc1ccccc1)C(CC(=O)O)c1cccc(-c2ccccc2)c1. The summed E-state index contributed by atoms with van der Waals surface area (Å²) < 4.78 is 0. The molecule has 0 amide bonds. The van der Waals surface area contributed by atoms with Crippen molar-refractivity contribution in [2.24, 2.45) is 0 Å². The molecule has 3 nitrogen and oxygen atoms in total. The smallest absolute Gasteiger partial charge is 0.305 e. The Morgan fingerprint density at radius 2 is 1.27 bits per heavy atom. The zero-order valence-electron chi connectivity index (χ0n) is 18.8. The predicted octanol–water partition coefficient (Wildman–Crippen LogP) is 7.13. The van der Waals surface area contributed by atoms with Crippen LogP contribution in [0.5, 0.6) is 0 Å². The van der Waals surface area contributed by atoms with Gasteiger partial charge in [-0.05, 0) is 40.8 Å². The summed E-state index contributed by atoms with van der Waals surface area (Å²) in [4.78, 5) is 14.3. The van der Waals surface area contributed by atoms with E-state index in [9.17, 15) is 9.90 Å². The fourth-order valence-corrected chi connectivity index (χ4v) is 4.38. The van der Waals surface area contributed by atoms with Crippen molar-refractivity contribution in [1.82, 2.24) is 4.90 Å². The van der Waals surface area contributed by atoms with Crippen molar-refractivity contribution >= 4 is 5.97 Å². The van der Waals surface area contributed by atoms with Gasteiger partial charge in [0, 0.05) is 18.6 Å². The van der Waals surface area contributed by atoms with Gasteiger partial charge in [0.2, 0.25) is 0 Å². The molecule has 1 N–H and O–H groups in total. The first-order valence-corrected chi connectivity index (χ1v) is 11.3. The summed E-state index contributed by atoms with van der Waals surface area (Å²) in [5, 5.41) is 9.87. The zero-order chi connectivity index (χ0) is 23.0. The van der Waals surface area contributed by atoms with Crippen LogP contribution < -0.4 is 0 Å². The van der Waals surface area contributed by atoms with E-state index in [4.69, 9.17) is 0 Å². The summed E-state index contributed by atoms with van der Waals surface area (Å²) in [5.74, 6) is -0.802. The summed E-state index contributed by atoms with van der Waals surface area (Å²) >= 11 is 0. The van der Waals surface area contributed by atoms with E-state index in [0.29, 0.717) is 6.54 Å². The lowest BCUT2D eigenvalue weighted by atomic mass is 9.94. The van der Waals surface area contributed by atoms with Crippen LogP contribution in [0.4, 0.5) is 0 Å². The standard InChI is InChI=1S/C30H29NO2/c1-23(25-14-7-3-8-15-25)31(22-24-12-5-2-6-13-24)29(21-30(32)33)28-19-11-18-27(20-28)26-16-9-4-10-17-26/h2-20,23,29H,21-22H2,1H3,(H,32,33). The molecule has 0 aliphatic carbocycles. The maximum absolute atomic E-state index is 12.0. The molecule has 3 heteroatoms. The van der Waals surface area contributed by atoms with Gasteiger partial charge in [0.1, 0.15) is 0 Å². The van der Waals surface area contributed by atoms with Crippen molar-refractivity contribution in [3.8, 4) is 11.1 Å².